The van der Waals surface area contributed by atoms with Crippen LogP contribution < -0.4 is 0 Å². The van der Waals surface area contributed by atoms with Crippen LogP contribution in [-0.2, 0) is 16.1 Å². The van der Waals surface area contributed by atoms with Gasteiger partial charge in [-0.05, 0) is 41.4 Å². The number of benzene rings is 2. The van der Waals surface area contributed by atoms with Crippen molar-refractivity contribution in [3.05, 3.63) is 62.1 Å². The highest BCUT2D eigenvalue weighted by Gasteiger charge is 2.19. The summed E-state index contributed by atoms with van der Waals surface area (Å²) in [5.41, 5.74) is 0.598. The Morgan fingerprint density at radius 2 is 1.92 bits per heavy atom. The van der Waals surface area contributed by atoms with Crippen molar-refractivity contribution < 1.29 is 19.2 Å². The monoisotopic (exact) mass is 443 g/mol. The number of hydrogen-bond acceptors (Lipinski definition) is 6. The Labute approximate surface area is 160 Å². The Morgan fingerprint density at radius 1 is 1.24 bits per heavy atom. The number of nitro benzene ring substituents is 1. The highest BCUT2D eigenvalue weighted by Crippen LogP contribution is 2.38. The Kier molecular flexibility index (Phi) is 6.57. The molecule has 0 radical (unpaired) electrons. The van der Waals surface area contributed by atoms with Crippen molar-refractivity contribution in [2.45, 2.75) is 23.3 Å². The molecule has 9 heteroatoms. The van der Waals surface area contributed by atoms with Crippen LogP contribution in [0.25, 0.3) is 0 Å². The second-order valence-corrected chi connectivity index (χ2v) is 7.20. The second kappa shape index (κ2) is 8.46. The standard InChI is InChI=1S/C16H11BrClNO5S/c1-9(20)24-8-10-2-4-15(13(6-10)19(22)23)25-14-5-3-11(17)7-12(14)16(18)21/h2-7H,8H2,1H3. The summed E-state index contributed by atoms with van der Waals surface area (Å²) >= 11 is 9.91. The number of carbonyl (C=O) groups excluding carboxylic acids is 2. The minimum Gasteiger partial charge on any atom is -0.461 e. The van der Waals surface area contributed by atoms with Crippen molar-refractivity contribution >= 4 is 56.2 Å². The maximum absolute atomic E-state index is 11.6. The number of esters is 1. The van der Waals surface area contributed by atoms with Gasteiger partial charge in [-0.1, -0.05) is 33.8 Å². The Morgan fingerprint density at radius 3 is 2.52 bits per heavy atom. The molecule has 0 heterocycles. The van der Waals surface area contributed by atoms with Gasteiger partial charge >= 0.3 is 5.97 Å². The molecule has 6 nitrogen and oxygen atoms in total. The minimum absolute atomic E-state index is 0.0508. The fourth-order valence-electron chi connectivity index (χ4n) is 1.93. The second-order valence-electron chi connectivity index (χ2n) is 4.86. The molecule has 0 N–H and O–H groups in total. The summed E-state index contributed by atoms with van der Waals surface area (Å²) in [6, 6.07) is 9.43. The molecule has 25 heavy (non-hydrogen) atoms. The molecule has 0 atom stereocenters. The van der Waals surface area contributed by atoms with Crippen LogP contribution in [-0.4, -0.2) is 16.1 Å². The van der Waals surface area contributed by atoms with Crippen LogP contribution in [0, 0.1) is 10.1 Å². The van der Waals surface area contributed by atoms with Crippen molar-refractivity contribution in [1.82, 2.24) is 0 Å². The number of nitrogens with zero attached hydrogens (tertiary/aromatic N) is 1. The van der Waals surface area contributed by atoms with Crippen LogP contribution in [0.2, 0.25) is 0 Å². The smallest absolute Gasteiger partial charge is 0.302 e. The molecule has 0 spiro atoms. The first-order chi connectivity index (χ1) is 11.8. The highest BCUT2D eigenvalue weighted by molar-refractivity contribution is 9.10. The number of halogens is 2. The molecule has 0 aromatic heterocycles. The molecule has 2 aromatic carbocycles. The lowest BCUT2D eigenvalue weighted by molar-refractivity contribution is -0.387. The molecule has 2 rings (SSSR count). The fourth-order valence-corrected chi connectivity index (χ4v) is 3.51. The zero-order valence-corrected chi connectivity index (χ0v) is 16.0. The normalized spacial score (nSPS) is 10.4. The van der Waals surface area contributed by atoms with Gasteiger partial charge in [-0.2, -0.15) is 0 Å². The van der Waals surface area contributed by atoms with Crippen molar-refractivity contribution in [3.8, 4) is 0 Å². The van der Waals surface area contributed by atoms with Gasteiger partial charge < -0.3 is 4.74 Å². The SMILES string of the molecule is CC(=O)OCc1ccc(Sc2ccc(Br)cc2C(=O)Cl)c([N+](=O)[O-])c1. The van der Waals surface area contributed by atoms with Crippen molar-refractivity contribution in [2.75, 3.05) is 0 Å². The third-order valence-corrected chi connectivity index (χ3v) is 4.87. The Balaban J connectivity index is 2.38. The van der Waals surface area contributed by atoms with Crippen LogP contribution in [0.4, 0.5) is 5.69 Å². The quantitative estimate of drug-likeness (QED) is 0.271. The first-order valence-electron chi connectivity index (χ1n) is 6.86. The largest absolute Gasteiger partial charge is 0.461 e. The fraction of sp³-hybridized carbons (Fsp3) is 0.125. The minimum atomic E-state index is -0.655. The molecule has 0 aliphatic carbocycles. The average molecular weight is 445 g/mol. The highest BCUT2D eigenvalue weighted by atomic mass is 79.9. The van der Waals surface area contributed by atoms with Crippen molar-refractivity contribution in [2.24, 2.45) is 0 Å². The van der Waals surface area contributed by atoms with E-state index in [2.05, 4.69) is 15.9 Å². The Bertz CT molecular complexity index is 858. The van der Waals surface area contributed by atoms with Gasteiger partial charge in [-0.15, -0.1) is 0 Å². The molecule has 0 fully saturated rings. The zero-order valence-electron chi connectivity index (χ0n) is 12.8. The summed E-state index contributed by atoms with van der Waals surface area (Å²) < 4.78 is 5.52. The topological polar surface area (TPSA) is 86.5 Å². The van der Waals surface area contributed by atoms with Crippen LogP contribution in [0.5, 0.6) is 0 Å². The molecule has 0 bridgehead atoms. The Hall–Kier alpha value is -1.90. The summed E-state index contributed by atoms with van der Waals surface area (Å²) in [4.78, 5) is 34.1. The van der Waals surface area contributed by atoms with E-state index in [1.165, 1.54) is 13.0 Å². The van der Waals surface area contributed by atoms with Crippen LogP contribution in [0.3, 0.4) is 0 Å². The van der Waals surface area contributed by atoms with Gasteiger partial charge in [0.1, 0.15) is 6.61 Å². The first kappa shape index (κ1) is 19.4. The van der Waals surface area contributed by atoms with Gasteiger partial charge in [-0.25, -0.2) is 0 Å². The maximum Gasteiger partial charge on any atom is 0.302 e. The van der Waals surface area contributed by atoms with Gasteiger partial charge in [0, 0.05) is 27.9 Å². The number of ether oxygens (including phenoxy) is 1. The molecule has 0 aliphatic heterocycles. The number of hydrogen-bond donors (Lipinski definition) is 0. The molecule has 130 valence electrons. The van der Waals surface area contributed by atoms with Gasteiger partial charge in [-0.3, -0.25) is 19.7 Å². The zero-order chi connectivity index (χ0) is 18.6. The van der Waals surface area contributed by atoms with E-state index in [9.17, 15) is 19.7 Å². The molecule has 0 amide bonds. The van der Waals surface area contributed by atoms with E-state index in [0.29, 0.717) is 19.8 Å². The molecule has 2 aromatic rings. The number of nitro groups is 1. The molecular weight excluding hydrogens is 434 g/mol. The summed E-state index contributed by atoms with van der Waals surface area (Å²) in [6.45, 7) is 1.21. The third-order valence-electron chi connectivity index (χ3n) is 3.04. The number of rotatable bonds is 6. The van der Waals surface area contributed by atoms with E-state index < -0.39 is 16.1 Å². The van der Waals surface area contributed by atoms with Gasteiger partial charge in [0.25, 0.3) is 10.9 Å². The van der Waals surface area contributed by atoms with E-state index in [-0.39, 0.29) is 17.9 Å². The maximum atomic E-state index is 11.6. The summed E-state index contributed by atoms with van der Waals surface area (Å²) in [5.74, 6) is -0.471. The van der Waals surface area contributed by atoms with Gasteiger partial charge in [0.15, 0.2) is 0 Å². The van der Waals surface area contributed by atoms with E-state index in [1.54, 1.807) is 30.3 Å². The van der Waals surface area contributed by atoms with Crippen LogP contribution >= 0.6 is 39.3 Å². The molecular formula is C16H11BrClNO5S. The number of carbonyl (C=O) groups is 2. The lowest BCUT2D eigenvalue weighted by atomic mass is 10.2. The van der Waals surface area contributed by atoms with Crippen molar-refractivity contribution in [1.29, 1.82) is 0 Å². The van der Waals surface area contributed by atoms with Crippen molar-refractivity contribution in [3.63, 3.8) is 0 Å². The van der Waals surface area contributed by atoms with E-state index in [0.717, 1.165) is 11.8 Å². The average Bonchev–Trinajstić information content (AvgIpc) is 2.55. The van der Waals surface area contributed by atoms with E-state index in [4.69, 9.17) is 16.3 Å². The first-order valence-corrected chi connectivity index (χ1v) is 8.84. The molecule has 0 unspecified atom stereocenters. The molecule has 0 saturated carbocycles. The summed E-state index contributed by atoms with van der Waals surface area (Å²) in [7, 11) is 0. The van der Waals surface area contributed by atoms with Gasteiger partial charge in [0.05, 0.1) is 9.82 Å². The summed E-state index contributed by atoms with van der Waals surface area (Å²) in [6.07, 6.45) is 0. The lowest BCUT2D eigenvalue weighted by Crippen LogP contribution is -2.00. The predicted octanol–water partition coefficient (Wildman–Crippen LogP) is 4.95. The third kappa shape index (κ3) is 5.29. The van der Waals surface area contributed by atoms with E-state index in [1.807, 2.05) is 0 Å². The van der Waals surface area contributed by atoms with E-state index >= 15 is 0 Å². The summed E-state index contributed by atoms with van der Waals surface area (Å²) in [5, 5.41) is 10.7. The molecule has 0 aliphatic rings. The predicted molar refractivity (Wildman–Crippen MR) is 97.0 cm³/mol. The van der Waals surface area contributed by atoms with Crippen LogP contribution in [0.1, 0.15) is 22.8 Å². The molecule has 0 saturated heterocycles. The van der Waals surface area contributed by atoms with Gasteiger partial charge in [0.2, 0.25) is 0 Å². The van der Waals surface area contributed by atoms with Crippen LogP contribution in [0.15, 0.2) is 50.7 Å². The lowest BCUT2D eigenvalue weighted by Gasteiger charge is -2.09.